The van der Waals surface area contributed by atoms with E-state index in [1.165, 1.54) is 4.80 Å². The first-order valence-electron chi connectivity index (χ1n) is 9.97. The Kier molecular flexibility index (Phi) is 6.53. The molecule has 0 saturated heterocycles. The summed E-state index contributed by atoms with van der Waals surface area (Å²) >= 11 is 0. The van der Waals surface area contributed by atoms with Gasteiger partial charge in [0, 0.05) is 25.1 Å². The first kappa shape index (κ1) is 20.1. The van der Waals surface area contributed by atoms with Crippen molar-refractivity contribution in [2.24, 2.45) is 0 Å². The van der Waals surface area contributed by atoms with Crippen LogP contribution in [-0.2, 0) is 11.3 Å². The Morgan fingerprint density at radius 3 is 2.48 bits per heavy atom. The Bertz CT molecular complexity index is 1090. The Hall–Kier alpha value is -4.15. The number of anilines is 1. The van der Waals surface area contributed by atoms with Crippen molar-refractivity contribution in [2.45, 2.75) is 19.4 Å². The molecule has 11 heteroatoms. The summed E-state index contributed by atoms with van der Waals surface area (Å²) in [6.45, 7) is 1.49. The van der Waals surface area contributed by atoms with Crippen LogP contribution in [0.1, 0.15) is 12.8 Å². The SMILES string of the molecule is O=C(CCCn1nnc(-c2ccccc2)n1)NCCNc1nnnn1-c1ccccc1. The summed E-state index contributed by atoms with van der Waals surface area (Å²) in [5.41, 5.74) is 1.77. The van der Waals surface area contributed by atoms with E-state index in [4.69, 9.17) is 0 Å². The predicted molar refractivity (Wildman–Crippen MR) is 113 cm³/mol. The van der Waals surface area contributed by atoms with Gasteiger partial charge in [0.05, 0.1) is 12.2 Å². The molecule has 0 aliphatic rings. The van der Waals surface area contributed by atoms with E-state index < -0.39 is 0 Å². The number of nitrogens with one attached hydrogen (secondary N) is 2. The summed E-state index contributed by atoms with van der Waals surface area (Å²) in [6.07, 6.45) is 1.00. The Morgan fingerprint density at radius 1 is 0.903 bits per heavy atom. The zero-order valence-electron chi connectivity index (χ0n) is 16.8. The minimum absolute atomic E-state index is 0.0344. The van der Waals surface area contributed by atoms with Gasteiger partial charge in [-0.15, -0.1) is 10.2 Å². The highest BCUT2D eigenvalue weighted by Crippen LogP contribution is 2.12. The van der Waals surface area contributed by atoms with Crippen LogP contribution in [0.4, 0.5) is 5.95 Å². The molecule has 0 unspecified atom stereocenters. The molecule has 31 heavy (non-hydrogen) atoms. The molecule has 1 amide bonds. The molecule has 0 radical (unpaired) electrons. The van der Waals surface area contributed by atoms with Gasteiger partial charge < -0.3 is 10.6 Å². The van der Waals surface area contributed by atoms with E-state index in [-0.39, 0.29) is 5.91 Å². The van der Waals surface area contributed by atoms with E-state index in [2.05, 4.69) is 41.6 Å². The topological polar surface area (TPSA) is 128 Å². The van der Waals surface area contributed by atoms with Crippen LogP contribution in [0, 0.1) is 0 Å². The molecular weight excluding hydrogens is 396 g/mol. The van der Waals surface area contributed by atoms with E-state index in [1.807, 2.05) is 60.7 Å². The number of carbonyl (C=O) groups is 1. The number of tetrazole rings is 2. The molecule has 0 fully saturated rings. The number of hydrogen-bond donors (Lipinski definition) is 2. The van der Waals surface area contributed by atoms with Crippen molar-refractivity contribution in [2.75, 3.05) is 18.4 Å². The van der Waals surface area contributed by atoms with Gasteiger partial charge in [0.25, 0.3) is 0 Å². The number of rotatable bonds is 10. The normalized spacial score (nSPS) is 10.7. The van der Waals surface area contributed by atoms with Crippen LogP contribution < -0.4 is 10.6 Å². The number of carbonyl (C=O) groups excluding carboxylic acids is 1. The standard InChI is InChI=1S/C20H22N10O/c31-18(12-7-15-29-25-19(23-27-29)16-8-3-1-4-9-16)21-13-14-22-20-24-26-28-30(20)17-10-5-2-6-11-17/h1-6,8-11H,7,12-15H2,(H,21,31)(H,22,24,28). The van der Waals surface area contributed by atoms with E-state index >= 15 is 0 Å². The highest BCUT2D eigenvalue weighted by molar-refractivity contribution is 5.75. The van der Waals surface area contributed by atoms with Gasteiger partial charge >= 0.3 is 0 Å². The number of benzene rings is 2. The van der Waals surface area contributed by atoms with Gasteiger partial charge in [-0.1, -0.05) is 53.6 Å². The number of amides is 1. The molecule has 2 aromatic carbocycles. The molecular formula is C20H22N10O. The lowest BCUT2D eigenvalue weighted by molar-refractivity contribution is -0.121. The van der Waals surface area contributed by atoms with Crippen LogP contribution in [0.5, 0.6) is 0 Å². The summed E-state index contributed by atoms with van der Waals surface area (Å²) in [7, 11) is 0. The van der Waals surface area contributed by atoms with E-state index in [0.717, 1.165) is 11.3 Å². The van der Waals surface area contributed by atoms with Gasteiger partial charge in [-0.25, -0.2) is 0 Å². The molecule has 158 valence electrons. The molecule has 0 aliphatic heterocycles. The molecule has 2 N–H and O–H groups in total. The third kappa shape index (κ3) is 5.47. The first-order valence-corrected chi connectivity index (χ1v) is 9.97. The van der Waals surface area contributed by atoms with Crippen molar-refractivity contribution in [3.05, 3.63) is 60.7 Å². The maximum atomic E-state index is 12.1. The molecule has 2 heterocycles. The molecule has 11 nitrogen and oxygen atoms in total. The van der Waals surface area contributed by atoms with Crippen LogP contribution in [0.25, 0.3) is 17.1 Å². The Balaban J connectivity index is 1.15. The number of nitrogens with zero attached hydrogens (tertiary/aromatic N) is 8. The maximum absolute atomic E-state index is 12.1. The van der Waals surface area contributed by atoms with E-state index in [0.29, 0.717) is 44.2 Å². The fourth-order valence-electron chi connectivity index (χ4n) is 2.93. The first-order chi connectivity index (χ1) is 15.3. The number of aromatic nitrogens is 8. The highest BCUT2D eigenvalue weighted by atomic mass is 16.1. The summed E-state index contributed by atoms with van der Waals surface area (Å²) in [5.74, 6) is 1.06. The number of para-hydroxylation sites is 1. The van der Waals surface area contributed by atoms with Gasteiger partial charge in [0.15, 0.2) is 0 Å². The smallest absolute Gasteiger partial charge is 0.247 e. The van der Waals surface area contributed by atoms with E-state index in [9.17, 15) is 4.79 Å². The number of hydrogen-bond acceptors (Lipinski definition) is 8. The number of aryl methyl sites for hydroxylation is 1. The van der Waals surface area contributed by atoms with Gasteiger partial charge in [-0.2, -0.15) is 9.48 Å². The molecule has 0 bridgehead atoms. The third-order valence-electron chi connectivity index (χ3n) is 4.45. The third-order valence-corrected chi connectivity index (χ3v) is 4.45. The van der Waals surface area contributed by atoms with Crippen LogP contribution in [0.15, 0.2) is 60.7 Å². The summed E-state index contributed by atoms with van der Waals surface area (Å²) in [6, 6.07) is 19.2. The van der Waals surface area contributed by atoms with Gasteiger partial charge in [0.2, 0.25) is 17.7 Å². The highest BCUT2D eigenvalue weighted by Gasteiger charge is 2.08. The van der Waals surface area contributed by atoms with Gasteiger partial charge in [0.1, 0.15) is 0 Å². The van der Waals surface area contributed by atoms with Crippen LogP contribution in [0.3, 0.4) is 0 Å². The van der Waals surface area contributed by atoms with Crippen molar-refractivity contribution in [1.82, 2.24) is 45.7 Å². The lowest BCUT2D eigenvalue weighted by atomic mass is 10.2. The molecule has 2 aromatic heterocycles. The van der Waals surface area contributed by atoms with Crippen molar-refractivity contribution in [3.8, 4) is 17.1 Å². The lowest BCUT2D eigenvalue weighted by Crippen LogP contribution is -2.29. The van der Waals surface area contributed by atoms with Crippen molar-refractivity contribution < 1.29 is 4.79 Å². The molecule has 0 aliphatic carbocycles. The molecule has 4 aromatic rings. The fourth-order valence-corrected chi connectivity index (χ4v) is 2.93. The Labute approximate surface area is 178 Å². The minimum Gasteiger partial charge on any atom is -0.354 e. The average Bonchev–Trinajstić information content (AvgIpc) is 3.48. The van der Waals surface area contributed by atoms with Gasteiger partial charge in [-0.3, -0.25) is 4.79 Å². The summed E-state index contributed by atoms with van der Waals surface area (Å²) in [5, 5.41) is 30.1. The van der Waals surface area contributed by atoms with Crippen molar-refractivity contribution >= 4 is 11.9 Å². The van der Waals surface area contributed by atoms with Crippen molar-refractivity contribution in [3.63, 3.8) is 0 Å². The molecule has 0 saturated carbocycles. The average molecular weight is 418 g/mol. The maximum Gasteiger partial charge on any atom is 0.247 e. The van der Waals surface area contributed by atoms with Crippen LogP contribution in [-0.4, -0.2) is 59.4 Å². The largest absolute Gasteiger partial charge is 0.354 e. The zero-order chi connectivity index (χ0) is 21.3. The quantitative estimate of drug-likeness (QED) is 0.369. The lowest BCUT2D eigenvalue weighted by Gasteiger charge is -2.08. The van der Waals surface area contributed by atoms with Crippen LogP contribution in [0.2, 0.25) is 0 Å². The predicted octanol–water partition coefficient (Wildman–Crippen LogP) is 1.32. The zero-order valence-corrected chi connectivity index (χ0v) is 16.8. The summed E-state index contributed by atoms with van der Waals surface area (Å²) < 4.78 is 1.61. The van der Waals surface area contributed by atoms with Crippen LogP contribution >= 0.6 is 0 Å². The molecule has 0 atom stereocenters. The molecule has 0 spiro atoms. The summed E-state index contributed by atoms with van der Waals surface area (Å²) in [4.78, 5) is 13.6. The fraction of sp³-hybridized carbons (Fsp3) is 0.250. The second kappa shape index (κ2) is 10.1. The Morgan fingerprint density at radius 2 is 1.68 bits per heavy atom. The van der Waals surface area contributed by atoms with Gasteiger partial charge in [-0.05, 0) is 34.2 Å². The monoisotopic (exact) mass is 418 g/mol. The van der Waals surface area contributed by atoms with Crippen molar-refractivity contribution in [1.29, 1.82) is 0 Å². The minimum atomic E-state index is -0.0344. The second-order valence-corrected chi connectivity index (χ2v) is 6.71. The second-order valence-electron chi connectivity index (χ2n) is 6.71. The van der Waals surface area contributed by atoms with E-state index in [1.54, 1.807) is 4.68 Å². The molecule has 4 rings (SSSR count).